The van der Waals surface area contributed by atoms with Crippen molar-refractivity contribution in [3.8, 4) is 11.4 Å². The number of carbonyl (C=O) groups is 1. The summed E-state index contributed by atoms with van der Waals surface area (Å²) in [6, 6.07) is 8.87. The molecule has 11 nitrogen and oxygen atoms in total. The molecule has 1 amide bonds. The second kappa shape index (κ2) is 10.7. The number of amides is 1. The van der Waals surface area contributed by atoms with E-state index >= 15 is 0 Å². The van der Waals surface area contributed by atoms with E-state index in [9.17, 15) is 10.0 Å². The van der Waals surface area contributed by atoms with Crippen LogP contribution in [0, 0.1) is 0 Å². The van der Waals surface area contributed by atoms with Crippen LogP contribution >= 0.6 is 11.8 Å². The number of nitrogens with zero attached hydrogens (tertiary/aromatic N) is 5. The number of ether oxygens (including phenoxy) is 3. The predicted octanol–water partition coefficient (Wildman–Crippen LogP) is 1.32. The first kappa shape index (κ1) is 25.0. The minimum absolute atomic E-state index is 0.0529. The number of hydrogen-bond acceptors (Lipinski definition) is 10. The summed E-state index contributed by atoms with van der Waals surface area (Å²) >= 11 is 1.60. The molecule has 2 aliphatic rings. The zero-order valence-electron chi connectivity index (χ0n) is 19.6. The zero-order chi connectivity index (χ0) is 24.3. The SMILES string of the molecule is CSCC[C@H](N)C(=O)N(O)C[C@H]1O[C@@H](CCn2nnc(-c3ccccc3)n2)[C@@H]2OC(C)(C)O[C@@H]21. The molecule has 2 aliphatic heterocycles. The average Bonchev–Trinajstić information content (AvgIpc) is 3.50. The van der Waals surface area contributed by atoms with Gasteiger partial charge >= 0.3 is 0 Å². The highest BCUT2D eigenvalue weighted by molar-refractivity contribution is 7.98. The number of hydroxylamine groups is 2. The molecule has 0 unspecified atom stereocenters. The highest BCUT2D eigenvalue weighted by Gasteiger charge is 2.55. The van der Waals surface area contributed by atoms with Crippen LogP contribution in [0.1, 0.15) is 26.7 Å². The summed E-state index contributed by atoms with van der Waals surface area (Å²) in [7, 11) is 0. The number of nitrogens with two attached hydrogens (primary N) is 1. The summed E-state index contributed by atoms with van der Waals surface area (Å²) < 4.78 is 18.3. The van der Waals surface area contributed by atoms with Gasteiger partial charge in [0.25, 0.3) is 5.91 Å². The van der Waals surface area contributed by atoms with E-state index in [1.165, 1.54) is 4.80 Å². The van der Waals surface area contributed by atoms with Crippen molar-refractivity contribution in [2.45, 2.75) is 69.5 Å². The molecule has 3 N–H and O–H groups in total. The quantitative estimate of drug-likeness (QED) is 0.369. The maximum atomic E-state index is 12.5. The molecule has 0 aliphatic carbocycles. The molecule has 5 atom stereocenters. The van der Waals surface area contributed by atoms with Crippen LogP contribution in [-0.2, 0) is 25.5 Å². The third kappa shape index (κ3) is 5.75. The molecule has 34 heavy (non-hydrogen) atoms. The van der Waals surface area contributed by atoms with Crippen molar-refractivity contribution in [1.29, 1.82) is 0 Å². The lowest BCUT2D eigenvalue weighted by Crippen LogP contribution is -2.47. The Kier molecular flexibility index (Phi) is 7.85. The molecule has 0 saturated carbocycles. The summed E-state index contributed by atoms with van der Waals surface area (Å²) in [6.07, 6.45) is 1.34. The monoisotopic (exact) mass is 492 g/mol. The van der Waals surface area contributed by atoms with Crippen molar-refractivity contribution in [2.75, 3.05) is 18.6 Å². The predicted molar refractivity (Wildman–Crippen MR) is 125 cm³/mol. The summed E-state index contributed by atoms with van der Waals surface area (Å²) in [5, 5.41) is 23.8. The van der Waals surface area contributed by atoms with Gasteiger partial charge in [-0.05, 0) is 43.9 Å². The lowest BCUT2D eigenvalue weighted by molar-refractivity contribution is -0.202. The molecule has 3 heterocycles. The first-order valence-corrected chi connectivity index (χ1v) is 12.8. The van der Waals surface area contributed by atoms with Crippen molar-refractivity contribution in [1.82, 2.24) is 25.3 Å². The van der Waals surface area contributed by atoms with Crippen LogP contribution in [0.5, 0.6) is 0 Å². The Morgan fingerprint density at radius 3 is 2.68 bits per heavy atom. The Labute approximate surface area is 202 Å². The summed E-state index contributed by atoms with van der Waals surface area (Å²) in [4.78, 5) is 14.0. The molecule has 2 saturated heterocycles. The number of hydrogen-bond donors (Lipinski definition) is 2. The minimum atomic E-state index is -0.791. The fourth-order valence-electron chi connectivity index (χ4n) is 4.25. The van der Waals surface area contributed by atoms with E-state index in [4.69, 9.17) is 19.9 Å². The number of rotatable bonds is 10. The van der Waals surface area contributed by atoms with Gasteiger partial charge in [-0.1, -0.05) is 30.3 Å². The van der Waals surface area contributed by atoms with E-state index in [0.717, 1.165) is 11.3 Å². The van der Waals surface area contributed by atoms with E-state index in [0.29, 0.717) is 30.3 Å². The number of aryl methyl sites for hydroxylation is 1. The third-order valence-corrected chi connectivity index (χ3v) is 6.55. The van der Waals surface area contributed by atoms with Crippen LogP contribution in [0.15, 0.2) is 30.3 Å². The van der Waals surface area contributed by atoms with Crippen molar-refractivity contribution in [2.24, 2.45) is 5.73 Å². The van der Waals surface area contributed by atoms with Gasteiger partial charge in [0, 0.05) is 5.56 Å². The van der Waals surface area contributed by atoms with Gasteiger partial charge in [-0.25, -0.2) is 5.06 Å². The number of tetrazole rings is 1. The molecule has 12 heteroatoms. The smallest absolute Gasteiger partial charge is 0.262 e. The first-order valence-electron chi connectivity index (χ1n) is 11.4. The topological polar surface area (TPSA) is 138 Å². The molecule has 0 spiro atoms. The van der Waals surface area contributed by atoms with Crippen LogP contribution in [-0.4, -0.2) is 91.2 Å². The normalized spacial score (nSPS) is 26.4. The van der Waals surface area contributed by atoms with Crippen LogP contribution in [0.2, 0.25) is 0 Å². The molecule has 2 aromatic rings. The maximum Gasteiger partial charge on any atom is 0.262 e. The number of fused-ring (bicyclic) bond motifs is 1. The molecule has 1 aromatic heterocycles. The second-order valence-corrected chi connectivity index (χ2v) is 9.94. The van der Waals surface area contributed by atoms with Gasteiger partial charge < -0.3 is 19.9 Å². The lowest BCUT2D eigenvalue weighted by Gasteiger charge is -2.27. The first-order chi connectivity index (χ1) is 16.3. The number of thioether (sulfide) groups is 1. The lowest BCUT2D eigenvalue weighted by atomic mass is 10.1. The molecule has 1 aromatic carbocycles. The average molecular weight is 493 g/mol. The Balaban J connectivity index is 1.38. The highest BCUT2D eigenvalue weighted by atomic mass is 32.2. The Morgan fingerprint density at radius 1 is 1.26 bits per heavy atom. The standard InChI is InChI=1S/C22H32N6O5S/c1-22(2)32-18-16(9-11-28-25-20(24-26-28)14-7-5-4-6-8-14)31-17(19(18)33-22)13-27(30)21(29)15(23)10-12-34-3/h4-8,15-19,30H,9-13,23H2,1-3H3/t15-,16-,17+,18-,19+/m0/s1. The van der Waals surface area contributed by atoms with Crippen LogP contribution in [0.4, 0.5) is 0 Å². The maximum absolute atomic E-state index is 12.5. The fourth-order valence-corrected chi connectivity index (χ4v) is 4.74. The van der Waals surface area contributed by atoms with E-state index < -0.39 is 29.9 Å². The van der Waals surface area contributed by atoms with Gasteiger partial charge in [0.2, 0.25) is 5.82 Å². The van der Waals surface area contributed by atoms with Gasteiger partial charge in [0.15, 0.2) is 5.79 Å². The Hall–Kier alpha value is -2.09. The molecular weight excluding hydrogens is 460 g/mol. The number of aromatic nitrogens is 4. The third-order valence-electron chi connectivity index (χ3n) is 5.90. The summed E-state index contributed by atoms with van der Waals surface area (Å²) in [5.41, 5.74) is 6.82. The van der Waals surface area contributed by atoms with Gasteiger partial charge in [0.05, 0.1) is 25.2 Å². The fraction of sp³-hybridized carbons (Fsp3) is 0.636. The Morgan fingerprint density at radius 2 is 1.97 bits per heavy atom. The molecule has 0 radical (unpaired) electrons. The molecule has 186 valence electrons. The van der Waals surface area contributed by atoms with Gasteiger partial charge in [0.1, 0.15) is 18.3 Å². The van der Waals surface area contributed by atoms with E-state index in [-0.39, 0.29) is 18.8 Å². The van der Waals surface area contributed by atoms with E-state index in [1.807, 2.05) is 50.4 Å². The van der Waals surface area contributed by atoms with E-state index in [2.05, 4.69) is 15.4 Å². The van der Waals surface area contributed by atoms with E-state index in [1.54, 1.807) is 11.8 Å². The molecule has 4 rings (SSSR count). The van der Waals surface area contributed by atoms with Crippen molar-refractivity contribution < 1.29 is 24.2 Å². The molecular formula is C22H32N6O5S. The summed E-state index contributed by atoms with van der Waals surface area (Å²) in [6.45, 7) is 4.09. The zero-order valence-corrected chi connectivity index (χ0v) is 20.4. The van der Waals surface area contributed by atoms with Crippen molar-refractivity contribution in [3.05, 3.63) is 30.3 Å². The Bertz CT molecular complexity index is 960. The van der Waals surface area contributed by atoms with Gasteiger partial charge in [-0.2, -0.15) is 16.6 Å². The van der Waals surface area contributed by atoms with Crippen LogP contribution in [0.25, 0.3) is 11.4 Å². The highest BCUT2D eigenvalue weighted by Crippen LogP contribution is 2.40. The molecule has 0 bridgehead atoms. The molecule has 2 fully saturated rings. The largest absolute Gasteiger partial charge is 0.367 e. The second-order valence-electron chi connectivity index (χ2n) is 8.95. The minimum Gasteiger partial charge on any atom is -0.367 e. The number of benzene rings is 1. The van der Waals surface area contributed by atoms with Gasteiger partial charge in [-0.3, -0.25) is 10.0 Å². The van der Waals surface area contributed by atoms with Crippen molar-refractivity contribution in [3.63, 3.8) is 0 Å². The van der Waals surface area contributed by atoms with Crippen LogP contribution < -0.4 is 5.73 Å². The van der Waals surface area contributed by atoms with Crippen LogP contribution in [0.3, 0.4) is 0 Å². The van der Waals surface area contributed by atoms with Crippen molar-refractivity contribution >= 4 is 17.7 Å². The number of carbonyl (C=O) groups excluding carboxylic acids is 1. The summed E-state index contributed by atoms with van der Waals surface area (Å²) in [5.74, 6) is -0.0322. The van der Waals surface area contributed by atoms with Gasteiger partial charge in [-0.15, -0.1) is 10.2 Å².